The van der Waals surface area contributed by atoms with Crippen LogP contribution < -0.4 is 0 Å². The fourth-order valence-corrected chi connectivity index (χ4v) is 6.54. The second kappa shape index (κ2) is 12.4. The minimum Gasteiger partial charge on any atom is -0.478 e. The predicted molar refractivity (Wildman–Crippen MR) is 166 cm³/mol. The topological polar surface area (TPSA) is 70.0 Å². The zero-order valence-electron chi connectivity index (χ0n) is 25.4. The van der Waals surface area contributed by atoms with Crippen molar-refractivity contribution in [2.75, 3.05) is 0 Å². The summed E-state index contributed by atoms with van der Waals surface area (Å²) in [5, 5.41) is 10.4. The van der Waals surface area contributed by atoms with Gasteiger partial charge in [-0.3, -0.25) is 9.79 Å². The lowest BCUT2D eigenvalue weighted by Gasteiger charge is -2.43. The van der Waals surface area contributed by atoms with Crippen molar-refractivity contribution >= 4 is 40.8 Å². The van der Waals surface area contributed by atoms with Gasteiger partial charge in [0, 0.05) is 21.2 Å². The Labute approximate surface area is 250 Å². The molecule has 0 radical (unpaired) electrons. The summed E-state index contributed by atoms with van der Waals surface area (Å²) in [7, 11) is 0. The Morgan fingerprint density at radius 1 is 1.07 bits per heavy atom. The van der Waals surface area contributed by atoms with E-state index in [1.54, 1.807) is 31.2 Å². The van der Waals surface area contributed by atoms with E-state index in [0.29, 0.717) is 27.2 Å². The molecule has 3 rings (SSSR count). The number of rotatable bonds is 7. The minimum absolute atomic E-state index is 0.0617. The van der Waals surface area contributed by atoms with E-state index in [1.807, 2.05) is 17.9 Å². The van der Waals surface area contributed by atoms with Gasteiger partial charge in [0.25, 0.3) is 5.91 Å². The van der Waals surface area contributed by atoms with E-state index in [9.17, 15) is 14.7 Å². The summed E-state index contributed by atoms with van der Waals surface area (Å²) in [6, 6.07) is 4.96. The molecule has 1 heterocycles. The molecule has 1 N–H and O–H groups in total. The molecule has 220 valence electrons. The van der Waals surface area contributed by atoms with Crippen molar-refractivity contribution in [3.63, 3.8) is 0 Å². The number of carbonyl (C=O) groups is 2. The van der Waals surface area contributed by atoms with E-state index in [2.05, 4.69) is 41.5 Å². The van der Waals surface area contributed by atoms with Gasteiger partial charge < -0.3 is 10.0 Å². The van der Waals surface area contributed by atoms with E-state index in [1.165, 1.54) is 0 Å². The largest absolute Gasteiger partial charge is 0.478 e. The molecule has 1 aromatic rings. The van der Waals surface area contributed by atoms with Crippen LogP contribution in [-0.2, 0) is 9.59 Å². The number of amides is 1. The van der Waals surface area contributed by atoms with Crippen molar-refractivity contribution in [1.82, 2.24) is 4.90 Å². The van der Waals surface area contributed by atoms with Crippen LogP contribution in [0.25, 0.3) is 0 Å². The Hall–Kier alpha value is -2.11. The molecule has 0 bridgehead atoms. The van der Waals surface area contributed by atoms with E-state index in [0.717, 1.165) is 50.5 Å². The van der Waals surface area contributed by atoms with Gasteiger partial charge in [0.15, 0.2) is 0 Å². The van der Waals surface area contributed by atoms with Gasteiger partial charge in [-0.1, -0.05) is 82.5 Å². The van der Waals surface area contributed by atoms with Crippen LogP contribution >= 0.6 is 23.2 Å². The van der Waals surface area contributed by atoms with Crippen LogP contribution in [0.15, 0.2) is 46.5 Å². The number of carbonyl (C=O) groups excluding carboxylic acids is 1. The number of allylic oxidation sites excluding steroid dienone is 2. The summed E-state index contributed by atoms with van der Waals surface area (Å²) in [6.45, 7) is 17.1. The van der Waals surface area contributed by atoms with E-state index in [-0.39, 0.29) is 28.4 Å². The minimum atomic E-state index is -0.954. The molecule has 3 unspecified atom stereocenters. The third kappa shape index (κ3) is 7.79. The first-order chi connectivity index (χ1) is 18.4. The number of aliphatic carboxylic acids is 1. The van der Waals surface area contributed by atoms with Crippen LogP contribution in [0.4, 0.5) is 0 Å². The molecule has 5 nitrogen and oxygen atoms in total. The SMILES string of the molecule is CC(=CC=C(C)C(CCC(C)(C)C)N1C(=O)C(c2cc(Cl)cc(Cl)c2)=NC12CCCC(C(C)(C)C)CC2)C(=O)O. The van der Waals surface area contributed by atoms with Crippen molar-refractivity contribution in [3.8, 4) is 0 Å². The predicted octanol–water partition coefficient (Wildman–Crippen LogP) is 9.12. The monoisotopic (exact) mass is 588 g/mol. The summed E-state index contributed by atoms with van der Waals surface area (Å²) >= 11 is 12.7. The normalized spacial score (nSPS) is 23.9. The van der Waals surface area contributed by atoms with Crippen molar-refractivity contribution in [2.24, 2.45) is 21.7 Å². The van der Waals surface area contributed by atoms with Crippen molar-refractivity contribution < 1.29 is 14.7 Å². The van der Waals surface area contributed by atoms with Crippen molar-refractivity contribution in [2.45, 2.75) is 112 Å². The van der Waals surface area contributed by atoms with E-state index < -0.39 is 11.6 Å². The molecule has 1 aliphatic heterocycles. The zero-order chi connectivity index (χ0) is 30.0. The van der Waals surface area contributed by atoms with Gasteiger partial charge in [0.05, 0.1) is 6.04 Å². The Morgan fingerprint density at radius 2 is 1.70 bits per heavy atom. The van der Waals surface area contributed by atoms with Crippen LogP contribution in [0.3, 0.4) is 0 Å². The molecule has 1 spiro atoms. The third-order valence-corrected chi connectivity index (χ3v) is 8.95. The Morgan fingerprint density at radius 3 is 2.25 bits per heavy atom. The summed E-state index contributed by atoms with van der Waals surface area (Å²) in [4.78, 5) is 33.3. The molecular formula is C33H46Cl2N2O3. The van der Waals surface area contributed by atoms with Gasteiger partial charge in [-0.25, -0.2) is 4.79 Å². The molecule has 1 fully saturated rings. The number of hydrogen-bond acceptors (Lipinski definition) is 3. The number of aliphatic imine (C=N–C) groups is 1. The highest BCUT2D eigenvalue weighted by Crippen LogP contribution is 2.47. The molecule has 1 amide bonds. The molecular weight excluding hydrogens is 543 g/mol. The van der Waals surface area contributed by atoms with Gasteiger partial charge in [-0.15, -0.1) is 0 Å². The fraction of sp³-hybridized carbons (Fsp3) is 0.606. The summed E-state index contributed by atoms with van der Waals surface area (Å²) in [5.41, 5.74) is 1.81. The maximum absolute atomic E-state index is 14.5. The molecule has 7 heteroatoms. The van der Waals surface area contributed by atoms with Crippen LogP contribution in [0.5, 0.6) is 0 Å². The highest BCUT2D eigenvalue weighted by atomic mass is 35.5. The molecule has 1 aromatic carbocycles. The Balaban J connectivity index is 2.17. The third-order valence-electron chi connectivity index (χ3n) is 8.51. The fourth-order valence-electron chi connectivity index (χ4n) is 6.02. The lowest BCUT2D eigenvalue weighted by molar-refractivity contribution is -0.133. The number of hydrogen-bond donors (Lipinski definition) is 1. The lowest BCUT2D eigenvalue weighted by atomic mass is 9.76. The van der Waals surface area contributed by atoms with Gasteiger partial charge in [0.1, 0.15) is 11.4 Å². The van der Waals surface area contributed by atoms with Crippen molar-refractivity contribution in [1.29, 1.82) is 0 Å². The molecule has 2 aliphatic rings. The van der Waals surface area contributed by atoms with Gasteiger partial charge in [-0.05, 0) is 93.7 Å². The van der Waals surface area contributed by atoms with Crippen LogP contribution in [-0.4, -0.2) is 39.3 Å². The Kier molecular flexibility index (Phi) is 10.1. The van der Waals surface area contributed by atoms with E-state index in [4.69, 9.17) is 28.2 Å². The summed E-state index contributed by atoms with van der Waals surface area (Å²) in [6.07, 6.45) is 9.77. The average Bonchev–Trinajstić information content (AvgIpc) is 2.95. The second-order valence-electron chi connectivity index (χ2n) is 14.0. The second-order valence-corrected chi connectivity index (χ2v) is 14.8. The average molecular weight is 590 g/mol. The molecule has 40 heavy (non-hydrogen) atoms. The quantitative estimate of drug-likeness (QED) is 0.255. The zero-order valence-corrected chi connectivity index (χ0v) is 26.9. The molecule has 0 aromatic heterocycles. The molecule has 1 aliphatic carbocycles. The maximum Gasteiger partial charge on any atom is 0.331 e. The van der Waals surface area contributed by atoms with Crippen molar-refractivity contribution in [3.05, 3.63) is 57.1 Å². The first-order valence-corrected chi connectivity index (χ1v) is 15.2. The van der Waals surface area contributed by atoms with Gasteiger partial charge >= 0.3 is 5.97 Å². The number of nitrogens with zero attached hydrogens (tertiary/aromatic N) is 2. The Bertz CT molecular complexity index is 1200. The maximum atomic E-state index is 14.5. The molecule has 0 saturated heterocycles. The van der Waals surface area contributed by atoms with Crippen LogP contribution in [0.1, 0.15) is 106 Å². The highest BCUT2D eigenvalue weighted by Gasteiger charge is 2.51. The van der Waals surface area contributed by atoms with Gasteiger partial charge in [0.2, 0.25) is 0 Å². The summed E-state index contributed by atoms with van der Waals surface area (Å²) in [5.74, 6) is -0.530. The summed E-state index contributed by atoms with van der Waals surface area (Å²) < 4.78 is 0. The number of halogens is 2. The van der Waals surface area contributed by atoms with E-state index >= 15 is 0 Å². The first-order valence-electron chi connectivity index (χ1n) is 14.4. The number of benzene rings is 1. The van der Waals surface area contributed by atoms with Gasteiger partial charge in [-0.2, -0.15) is 0 Å². The molecule has 3 atom stereocenters. The standard InChI is InChI=1S/C33H46Cl2N2O3/c1-21(11-12-22(2)30(39)40)27(14-16-31(3,4)5)37-29(38)28(23-18-25(34)20-26(35)19-23)36-33(37)15-9-10-24(13-17-33)32(6,7)8/h11-12,18-20,24,27H,9-10,13-17H2,1-8H3,(H,39,40). The van der Waals surface area contributed by atoms with Crippen LogP contribution in [0, 0.1) is 16.7 Å². The molecule has 1 saturated carbocycles. The number of carboxylic acid groups (broad SMARTS) is 1. The lowest BCUT2D eigenvalue weighted by Crippen LogP contribution is -2.53. The number of carboxylic acids is 1. The first kappa shape index (κ1) is 32.4. The highest BCUT2D eigenvalue weighted by molar-refractivity contribution is 6.48. The smallest absolute Gasteiger partial charge is 0.331 e. The van der Waals surface area contributed by atoms with Crippen LogP contribution in [0.2, 0.25) is 10.0 Å².